The Labute approximate surface area is 158 Å². The van der Waals surface area contributed by atoms with Crippen molar-refractivity contribution in [2.75, 3.05) is 18.4 Å². The van der Waals surface area contributed by atoms with E-state index in [0.717, 1.165) is 12.0 Å². The molecule has 0 aliphatic carbocycles. The first kappa shape index (κ1) is 18.8. The first-order valence-corrected chi connectivity index (χ1v) is 9.07. The minimum absolute atomic E-state index is 0.0842. The van der Waals surface area contributed by atoms with Gasteiger partial charge in [-0.2, -0.15) is 0 Å². The number of rotatable bonds is 6. The molecular formula is C20H24N4O3. The minimum Gasteiger partial charge on any atom is -0.375 e. The molecule has 2 aromatic rings. The summed E-state index contributed by atoms with van der Waals surface area (Å²) in [7, 11) is 0. The van der Waals surface area contributed by atoms with Crippen LogP contribution in [0.15, 0.2) is 48.5 Å². The second-order valence-electron chi connectivity index (χ2n) is 6.97. The largest absolute Gasteiger partial charge is 0.375 e. The van der Waals surface area contributed by atoms with Crippen molar-refractivity contribution in [3.8, 4) is 0 Å². The van der Waals surface area contributed by atoms with Gasteiger partial charge < -0.3 is 16.0 Å². The van der Waals surface area contributed by atoms with Gasteiger partial charge in [-0.1, -0.05) is 30.3 Å². The highest BCUT2D eigenvalue weighted by atomic mass is 16.6. The van der Waals surface area contributed by atoms with Gasteiger partial charge in [0.15, 0.2) is 0 Å². The van der Waals surface area contributed by atoms with Crippen molar-refractivity contribution >= 4 is 17.3 Å². The van der Waals surface area contributed by atoms with Crippen LogP contribution < -0.4 is 11.1 Å². The summed E-state index contributed by atoms with van der Waals surface area (Å²) >= 11 is 0. The molecule has 1 saturated heterocycles. The molecule has 7 heteroatoms. The maximum atomic E-state index is 12.8. The molecule has 27 heavy (non-hydrogen) atoms. The fourth-order valence-corrected chi connectivity index (χ4v) is 3.52. The van der Waals surface area contributed by atoms with E-state index in [2.05, 4.69) is 5.32 Å². The Morgan fingerprint density at radius 3 is 2.67 bits per heavy atom. The lowest BCUT2D eigenvalue weighted by atomic mass is 10.1. The molecule has 1 heterocycles. The molecule has 1 aliphatic rings. The number of benzene rings is 2. The van der Waals surface area contributed by atoms with Crippen LogP contribution in [-0.2, 0) is 6.54 Å². The number of anilines is 1. The molecule has 1 amide bonds. The van der Waals surface area contributed by atoms with Crippen molar-refractivity contribution in [1.82, 2.24) is 4.90 Å². The first-order chi connectivity index (χ1) is 13.0. The van der Waals surface area contributed by atoms with Crippen LogP contribution in [0.5, 0.6) is 0 Å². The summed E-state index contributed by atoms with van der Waals surface area (Å²) in [5, 5.41) is 14.6. The number of nitro benzene ring substituents is 1. The monoisotopic (exact) mass is 368 g/mol. The number of nitro groups is 1. The van der Waals surface area contributed by atoms with Gasteiger partial charge in [0.1, 0.15) is 5.69 Å². The van der Waals surface area contributed by atoms with E-state index in [1.807, 2.05) is 37.3 Å². The first-order valence-electron chi connectivity index (χ1n) is 9.07. The third kappa shape index (κ3) is 4.25. The van der Waals surface area contributed by atoms with Crippen molar-refractivity contribution in [1.29, 1.82) is 0 Å². The molecule has 1 fully saturated rings. The summed E-state index contributed by atoms with van der Waals surface area (Å²) in [6, 6.07) is 14.3. The number of nitrogens with zero attached hydrogens (tertiary/aromatic N) is 2. The van der Waals surface area contributed by atoms with Crippen molar-refractivity contribution in [2.45, 2.75) is 25.9 Å². The van der Waals surface area contributed by atoms with E-state index < -0.39 is 4.92 Å². The number of carbonyl (C=O) groups is 1. The minimum atomic E-state index is -0.458. The molecule has 0 saturated carbocycles. The summed E-state index contributed by atoms with van der Waals surface area (Å²) in [6.45, 7) is 3.59. The Kier molecular flexibility index (Phi) is 5.71. The Balaban J connectivity index is 1.79. The van der Waals surface area contributed by atoms with Gasteiger partial charge in [0.05, 0.1) is 4.92 Å². The van der Waals surface area contributed by atoms with Crippen LogP contribution in [0.3, 0.4) is 0 Å². The van der Waals surface area contributed by atoms with E-state index in [0.29, 0.717) is 30.9 Å². The standard InChI is InChI=1S/C20H24N4O3/c1-14-9-16(11-21)13-23(14)20(25)17-7-8-18(19(10-17)24(26)27)22-12-15-5-3-2-4-6-15/h2-8,10,14,16,22H,9,11-13,21H2,1H3. The molecule has 0 radical (unpaired) electrons. The summed E-state index contributed by atoms with van der Waals surface area (Å²) < 4.78 is 0. The highest BCUT2D eigenvalue weighted by Crippen LogP contribution is 2.29. The molecule has 2 unspecified atom stereocenters. The highest BCUT2D eigenvalue weighted by Gasteiger charge is 2.32. The lowest BCUT2D eigenvalue weighted by Gasteiger charge is -2.21. The zero-order valence-corrected chi connectivity index (χ0v) is 15.3. The van der Waals surface area contributed by atoms with E-state index >= 15 is 0 Å². The van der Waals surface area contributed by atoms with Crippen molar-refractivity contribution in [3.05, 3.63) is 69.8 Å². The smallest absolute Gasteiger partial charge is 0.293 e. The third-order valence-electron chi connectivity index (χ3n) is 5.02. The molecular weight excluding hydrogens is 344 g/mol. The molecule has 0 aromatic heterocycles. The number of hydrogen-bond donors (Lipinski definition) is 2. The lowest BCUT2D eigenvalue weighted by molar-refractivity contribution is -0.384. The van der Waals surface area contributed by atoms with Crippen LogP contribution >= 0.6 is 0 Å². The van der Waals surface area contributed by atoms with Gasteiger partial charge in [0.25, 0.3) is 11.6 Å². The van der Waals surface area contributed by atoms with Gasteiger partial charge in [-0.15, -0.1) is 0 Å². The fraction of sp³-hybridized carbons (Fsp3) is 0.350. The number of amides is 1. The van der Waals surface area contributed by atoms with Gasteiger partial charge >= 0.3 is 0 Å². The molecule has 2 aromatic carbocycles. The van der Waals surface area contributed by atoms with E-state index in [9.17, 15) is 14.9 Å². The van der Waals surface area contributed by atoms with Crippen LogP contribution in [0.4, 0.5) is 11.4 Å². The Bertz CT molecular complexity index is 825. The van der Waals surface area contributed by atoms with Crippen LogP contribution in [0.2, 0.25) is 0 Å². The number of nitrogens with one attached hydrogen (secondary N) is 1. The predicted molar refractivity (Wildman–Crippen MR) is 105 cm³/mol. The zero-order valence-electron chi connectivity index (χ0n) is 15.3. The van der Waals surface area contributed by atoms with Crippen molar-refractivity contribution in [3.63, 3.8) is 0 Å². The summed E-state index contributed by atoms with van der Waals surface area (Å²) in [6.07, 6.45) is 0.862. The van der Waals surface area contributed by atoms with E-state index in [-0.39, 0.29) is 23.6 Å². The molecule has 0 spiro atoms. The normalized spacial score (nSPS) is 19.1. The number of hydrogen-bond acceptors (Lipinski definition) is 5. The van der Waals surface area contributed by atoms with Crippen LogP contribution in [0, 0.1) is 16.0 Å². The van der Waals surface area contributed by atoms with Gasteiger partial charge in [-0.05, 0) is 43.5 Å². The molecule has 142 valence electrons. The Hall–Kier alpha value is -2.93. The number of likely N-dealkylation sites (tertiary alicyclic amines) is 1. The topological polar surface area (TPSA) is 102 Å². The van der Waals surface area contributed by atoms with E-state index in [4.69, 9.17) is 5.73 Å². The van der Waals surface area contributed by atoms with Gasteiger partial charge in [-0.3, -0.25) is 14.9 Å². The third-order valence-corrected chi connectivity index (χ3v) is 5.02. The van der Waals surface area contributed by atoms with Crippen molar-refractivity contribution in [2.24, 2.45) is 11.7 Å². The molecule has 3 rings (SSSR count). The summed E-state index contributed by atoms with van der Waals surface area (Å²) in [5.41, 5.74) is 7.38. The Morgan fingerprint density at radius 2 is 2.04 bits per heavy atom. The summed E-state index contributed by atoms with van der Waals surface area (Å²) in [5.74, 6) is 0.0990. The molecule has 3 N–H and O–H groups in total. The van der Waals surface area contributed by atoms with E-state index in [1.165, 1.54) is 6.07 Å². The SMILES string of the molecule is CC1CC(CN)CN1C(=O)c1ccc(NCc2ccccc2)c([N+](=O)[O-])c1. The van der Waals surface area contributed by atoms with Crippen LogP contribution in [0.25, 0.3) is 0 Å². The Morgan fingerprint density at radius 1 is 1.30 bits per heavy atom. The second kappa shape index (κ2) is 8.18. The second-order valence-corrected chi connectivity index (χ2v) is 6.97. The summed E-state index contributed by atoms with van der Waals surface area (Å²) in [4.78, 5) is 25.6. The zero-order chi connectivity index (χ0) is 19.4. The number of nitrogens with two attached hydrogens (primary N) is 1. The molecule has 0 bridgehead atoms. The number of carbonyl (C=O) groups excluding carboxylic acids is 1. The average Bonchev–Trinajstić information content (AvgIpc) is 3.07. The quantitative estimate of drug-likeness (QED) is 0.603. The molecule has 2 atom stereocenters. The average molecular weight is 368 g/mol. The predicted octanol–water partition coefficient (Wildman–Crippen LogP) is 3.02. The maximum Gasteiger partial charge on any atom is 0.293 e. The van der Waals surface area contributed by atoms with Crippen LogP contribution in [-0.4, -0.2) is 34.9 Å². The maximum absolute atomic E-state index is 12.8. The lowest BCUT2D eigenvalue weighted by Crippen LogP contribution is -2.34. The van der Waals surface area contributed by atoms with E-state index in [1.54, 1.807) is 17.0 Å². The molecule has 7 nitrogen and oxygen atoms in total. The van der Waals surface area contributed by atoms with Gasteiger partial charge in [-0.25, -0.2) is 0 Å². The van der Waals surface area contributed by atoms with Crippen molar-refractivity contribution < 1.29 is 9.72 Å². The van der Waals surface area contributed by atoms with Gasteiger partial charge in [0.2, 0.25) is 0 Å². The van der Waals surface area contributed by atoms with Gasteiger partial charge in [0, 0.05) is 30.8 Å². The highest BCUT2D eigenvalue weighted by molar-refractivity contribution is 5.96. The molecule has 1 aliphatic heterocycles. The fourth-order valence-electron chi connectivity index (χ4n) is 3.52. The van der Waals surface area contributed by atoms with Crippen LogP contribution in [0.1, 0.15) is 29.3 Å².